The third-order valence-corrected chi connectivity index (χ3v) is 8.35. The molecule has 4 heterocycles. The van der Waals surface area contributed by atoms with Crippen LogP contribution in [0.1, 0.15) is 67.5 Å². The van der Waals surface area contributed by atoms with Gasteiger partial charge in [-0.05, 0) is 55.0 Å². The molecule has 40 heavy (non-hydrogen) atoms. The lowest BCUT2D eigenvalue weighted by atomic mass is 9.77. The standard InChI is InChI=1S/C30H33F3N6O/c1-20-6-5-11-37(15-20)16-22-13-26(30(31,32)33)27-18-38(29(40)39(27)17-22)24-10-4-9-23(14-24)25(12-21-7-3-8-21)28-35-34-19-36(28)2/h4,6,9-10,13-14,17-19,21,25H,3,5,7-8,11-12,15-16H2,1-2H3. The SMILES string of the molecule is CC1=CCCN(Cc2cc(C(F)(F)F)c3cn(-c4cccc(C(CC5CCC5)c5nncn5C)c4)c(=O)n3c2)C1. The van der Waals surface area contributed by atoms with E-state index in [-0.39, 0.29) is 11.4 Å². The highest BCUT2D eigenvalue weighted by Gasteiger charge is 2.35. The first-order chi connectivity index (χ1) is 19.2. The first-order valence-electron chi connectivity index (χ1n) is 13.8. The maximum absolute atomic E-state index is 14.2. The summed E-state index contributed by atoms with van der Waals surface area (Å²) >= 11 is 0. The van der Waals surface area contributed by atoms with Gasteiger partial charge in [-0.2, -0.15) is 13.2 Å². The van der Waals surface area contributed by atoms with Crippen LogP contribution in [0.4, 0.5) is 13.2 Å². The highest BCUT2D eigenvalue weighted by Crippen LogP contribution is 2.39. The predicted molar refractivity (Wildman–Crippen MR) is 146 cm³/mol. The quantitative estimate of drug-likeness (QED) is 0.277. The molecular formula is C30H33F3N6O. The van der Waals surface area contributed by atoms with Gasteiger partial charge in [-0.25, -0.2) is 4.79 Å². The average Bonchev–Trinajstić information content (AvgIpc) is 3.45. The number of benzene rings is 1. The van der Waals surface area contributed by atoms with E-state index in [0.717, 1.165) is 35.2 Å². The van der Waals surface area contributed by atoms with Gasteiger partial charge < -0.3 is 4.57 Å². The van der Waals surface area contributed by atoms with Crippen LogP contribution in [0.25, 0.3) is 11.2 Å². The van der Waals surface area contributed by atoms with Gasteiger partial charge in [0, 0.05) is 45.0 Å². The summed E-state index contributed by atoms with van der Waals surface area (Å²) in [5.74, 6) is 1.41. The molecule has 0 bridgehead atoms. The smallest absolute Gasteiger partial charge is 0.320 e. The minimum atomic E-state index is -4.60. The van der Waals surface area contributed by atoms with Gasteiger partial charge >= 0.3 is 11.9 Å². The Labute approximate surface area is 230 Å². The van der Waals surface area contributed by atoms with E-state index in [2.05, 4.69) is 21.2 Å². The fraction of sp³-hybridized carbons (Fsp3) is 0.433. The molecule has 1 fully saturated rings. The largest absolute Gasteiger partial charge is 0.418 e. The number of rotatable bonds is 7. The molecule has 0 N–H and O–H groups in total. The molecule has 1 aliphatic heterocycles. The number of hydrogen-bond donors (Lipinski definition) is 0. The molecule has 0 amide bonds. The summed E-state index contributed by atoms with van der Waals surface area (Å²) in [6, 6.07) is 8.70. The lowest BCUT2D eigenvalue weighted by Crippen LogP contribution is -2.29. The Morgan fingerprint density at radius 2 is 1.98 bits per heavy atom. The van der Waals surface area contributed by atoms with E-state index in [9.17, 15) is 18.0 Å². The highest BCUT2D eigenvalue weighted by atomic mass is 19.4. The molecule has 1 atom stereocenters. The average molecular weight is 551 g/mol. The first kappa shape index (κ1) is 26.6. The second-order valence-electron chi connectivity index (χ2n) is 11.3. The Bertz CT molecular complexity index is 1620. The molecule has 1 unspecified atom stereocenters. The van der Waals surface area contributed by atoms with Crippen molar-refractivity contribution in [1.29, 1.82) is 0 Å². The highest BCUT2D eigenvalue weighted by molar-refractivity contribution is 5.58. The summed E-state index contributed by atoms with van der Waals surface area (Å²) < 4.78 is 47.1. The van der Waals surface area contributed by atoms with Crippen LogP contribution in [0.5, 0.6) is 0 Å². The number of fused-ring (bicyclic) bond motifs is 1. The van der Waals surface area contributed by atoms with Crippen LogP contribution in [0.15, 0.2) is 65.5 Å². The maximum Gasteiger partial charge on any atom is 0.418 e. The molecule has 10 heteroatoms. The van der Waals surface area contributed by atoms with Crippen LogP contribution in [0.2, 0.25) is 0 Å². The molecule has 0 saturated heterocycles. The maximum atomic E-state index is 14.2. The molecule has 7 nitrogen and oxygen atoms in total. The zero-order valence-electron chi connectivity index (χ0n) is 22.7. The number of hydrogen-bond acceptors (Lipinski definition) is 4. The summed E-state index contributed by atoms with van der Waals surface area (Å²) in [7, 11) is 1.91. The third kappa shape index (κ3) is 5.12. The molecule has 1 aliphatic carbocycles. The van der Waals surface area contributed by atoms with Gasteiger partial charge in [0.05, 0.1) is 16.8 Å². The number of imidazole rings is 1. The Hall–Kier alpha value is -3.66. The van der Waals surface area contributed by atoms with Gasteiger partial charge in [0.1, 0.15) is 12.2 Å². The summed E-state index contributed by atoms with van der Waals surface area (Å²) in [6.45, 7) is 3.84. The lowest BCUT2D eigenvalue weighted by Gasteiger charge is -2.29. The molecule has 1 aromatic carbocycles. The topological polar surface area (TPSA) is 60.4 Å². The summed E-state index contributed by atoms with van der Waals surface area (Å²) in [6.07, 6.45) is 7.45. The lowest BCUT2D eigenvalue weighted by molar-refractivity contribution is -0.136. The summed E-state index contributed by atoms with van der Waals surface area (Å²) in [4.78, 5) is 15.7. The molecular weight excluding hydrogens is 517 g/mol. The monoisotopic (exact) mass is 550 g/mol. The van der Waals surface area contributed by atoms with E-state index in [0.29, 0.717) is 30.3 Å². The van der Waals surface area contributed by atoms with Gasteiger partial charge in [-0.3, -0.25) is 13.9 Å². The Morgan fingerprint density at radius 3 is 2.65 bits per heavy atom. The van der Waals surface area contributed by atoms with E-state index in [4.69, 9.17) is 0 Å². The van der Waals surface area contributed by atoms with Crippen molar-refractivity contribution in [3.05, 3.63) is 93.7 Å². The van der Waals surface area contributed by atoms with Crippen molar-refractivity contribution >= 4 is 5.52 Å². The van der Waals surface area contributed by atoms with Gasteiger partial charge in [0.25, 0.3) is 0 Å². The van der Waals surface area contributed by atoms with E-state index >= 15 is 0 Å². The van der Waals surface area contributed by atoms with Crippen molar-refractivity contribution in [3.63, 3.8) is 0 Å². The molecule has 0 radical (unpaired) electrons. The van der Waals surface area contributed by atoms with Crippen molar-refractivity contribution in [1.82, 2.24) is 28.6 Å². The van der Waals surface area contributed by atoms with E-state index in [1.54, 1.807) is 18.6 Å². The molecule has 2 aliphatic rings. The number of halogens is 3. The third-order valence-electron chi connectivity index (χ3n) is 8.35. The van der Waals surface area contributed by atoms with E-state index < -0.39 is 17.4 Å². The van der Waals surface area contributed by atoms with Crippen LogP contribution >= 0.6 is 0 Å². The van der Waals surface area contributed by atoms with Gasteiger partial charge in [-0.1, -0.05) is 43.0 Å². The minimum Gasteiger partial charge on any atom is -0.320 e. The van der Waals surface area contributed by atoms with Crippen LogP contribution in [0, 0.1) is 5.92 Å². The van der Waals surface area contributed by atoms with Crippen LogP contribution in [-0.2, 0) is 19.8 Å². The molecule has 3 aromatic heterocycles. The van der Waals surface area contributed by atoms with Crippen molar-refractivity contribution in [2.75, 3.05) is 13.1 Å². The fourth-order valence-corrected chi connectivity index (χ4v) is 6.08. The summed E-state index contributed by atoms with van der Waals surface area (Å²) in [5, 5.41) is 8.44. The number of aromatic nitrogens is 5. The van der Waals surface area contributed by atoms with E-state index in [1.807, 2.05) is 36.7 Å². The predicted octanol–water partition coefficient (Wildman–Crippen LogP) is 5.71. The van der Waals surface area contributed by atoms with Gasteiger partial charge in [-0.15, -0.1) is 10.2 Å². The van der Waals surface area contributed by atoms with Crippen molar-refractivity contribution < 1.29 is 13.2 Å². The minimum absolute atomic E-state index is 0.0233. The van der Waals surface area contributed by atoms with Crippen LogP contribution in [-0.4, -0.2) is 41.7 Å². The van der Waals surface area contributed by atoms with Crippen molar-refractivity contribution in [2.24, 2.45) is 13.0 Å². The van der Waals surface area contributed by atoms with Gasteiger partial charge in [0.2, 0.25) is 0 Å². The normalized spacial score (nSPS) is 17.7. The fourth-order valence-electron chi connectivity index (χ4n) is 6.08. The second-order valence-corrected chi connectivity index (χ2v) is 11.3. The number of pyridine rings is 1. The molecule has 1 saturated carbocycles. The number of nitrogens with zero attached hydrogens (tertiary/aromatic N) is 6. The van der Waals surface area contributed by atoms with Crippen molar-refractivity contribution in [2.45, 2.75) is 57.7 Å². The second kappa shape index (κ2) is 10.4. The molecule has 4 aromatic rings. The van der Waals surface area contributed by atoms with E-state index in [1.165, 1.54) is 41.7 Å². The number of alkyl halides is 3. The first-order valence-corrected chi connectivity index (χ1v) is 13.8. The zero-order chi connectivity index (χ0) is 28.0. The van der Waals surface area contributed by atoms with Crippen molar-refractivity contribution in [3.8, 4) is 5.69 Å². The van der Waals surface area contributed by atoms with Crippen LogP contribution in [0.3, 0.4) is 0 Å². The molecule has 210 valence electrons. The van der Waals surface area contributed by atoms with Crippen LogP contribution < -0.4 is 5.69 Å². The zero-order valence-corrected chi connectivity index (χ0v) is 22.7. The molecule has 0 spiro atoms. The Balaban J connectivity index is 1.41. The Kier molecular flexibility index (Phi) is 6.90. The Morgan fingerprint density at radius 1 is 1.15 bits per heavy atom. The molecule has 6 rings (SSSR count). The summed E-state index contributed by atoms with van der Waals surface area (Å²) in [5.41, 5.74) is 1.67. The number of aryl methyl sites for hydroxylation is 1. The van der Waals surface area contributed by atoms with Gasteiger partial charge in [0.15, 0.2) is 0 Å².